The van der Waals surface area contributed by atoms with E-state index < -0.39 is 10.0 Å². The number of nitrogens with zero attached hydrogens (tertiary/aromatic N) is 3. The maximum Gasteiger partial charge on any atom is 0.271 e. The average Bonchev–Trinajstić information content (AvgIpc) is 2.82. The molecule has 0 aromatic carbocycles. The van der Waals surface area contributed by atoms with Gasteiger partial charge in [-0.15, -0.1) is 0 Å². The molecule has 0 spiro atoms. The van der Waals surface area contributed by atoms with Gasteiger partial charge in [0.25, 0.3) is 10.0 Å². The Balaban J connectivity index is 2.62. The number of hydrogen-bond acceptors (Lipinski definition) is 3. The van der Waals surface area contributed by atoms with Gasteiger partial charge in [-0.25, -0.2) is 12.4 Å². The molecule has 0 radical (unpaired) electrons. The summed E-state index contributed by atoms with van der Waals surface area (Å²) in [6, 6.07) is 1.84. The van der Waals surface area contributed by atoms with Gasteiger partial charge in [0.15, 0.2) is 0 Å². The first-order valence-corrected chi connectivity index (χ1v) is 7.25. The van der Waals surface area contributed by atoms with E-state index in [-0.39, 0.29) is 4.90 Å². The van der Waals surface area contributed by atoms with Crippen LogP contribution in [0.5, 0.6) is 0 Å². The SMILES string of the molecule is CCn1ncc(S(=O)(=O)n2cc(C)cc2C)c1C. The van der Waals surface area contributed by atoms with Gasteiger partial charge in [-0.2, -0.15) is 5.10 Å². The van der Waals surface area contributed by atoms with Crippen LogP contribution in [0.25, 0.3) is 0 Å². The first-order valence-electron chi connectivity index (χ1n) is 5.81. The van der Waals surface area contributed by atoms with Gasteiger partial charge in [-0.05, 0) is 39.3 Å². The maximum atomic E-state index is 12.5. The van der Waals surface area contributed by atoms with Crippen LogP contribution in [0.4, 0.5) is 0 Å². The lowest BCUT2D eigenvalue weighted by atomic mass is 10.4. The Labute approximate surface area is 107 Å². The highest BCUT2D eigenvalue weighted by molar-refractivity contribution is 7.90. The molecule has 0 atom stereocenters. The van der Waals surface area contributed by atoms with Crippen LogP contribution in [-0.4, -0.2) is 22.2 Å². The summed E-state index contributed by atoms with van der Waals surface area (Å²) < 4.78 is 28.0. The van der Waals surface area contributed by atoms with Crippen LogP contribution in [0.3, 0.4) is 0 Å². The van der Waals surface area contributed by atoms with Gasteiger partial charge < -0.3 is 0 Å². The van der Waals surface area contributed by atoms with Gasteiger partial charge in [0, 0.05) is 18.4 Å². The van der Waals surface area contributed by atoms with Gasteiger partial charge in [-0.1, -0.05) is 0 Å². The molecule has 0 aliphatic rings. The summed E-state index contributed by atoms with van der Waals surface area (Å²) >= 11 is 0. The van der Waals surface area contributed by atoms with Crippen molar-refractivity contribution in [3.8, 4) is 0 Å². The van der Waals surface area contributed by atoms with E-state index in [0.717, 1.165) is 5.56 Å². The minimum absolute atomic E-state index is 0.267. The van der Waals surface area contributed by atoms with Gasteiger partial charge >= 0.3 is 0 Å². The summed E-state index contributed by atoms with van der Waals surface area (Å²) in [5, 5.41) is 4.09. The first kappa shape index (κ1) is 12.9. The largest absolute Gasteiger partial charge is 0.271 e. The molecule has 0 saturated carbocycles. The van der Waals surface area contributed by atoms with Gasteiger partial charge in [0.1, 0.15) is 4.90 Å². The van der Waals surface area contributed by atoms with E-state index in [1.54, 1.807) is 24.7 Å². The lowest BCUT2D eigenvalue weighted by molar-refractivity contribution is 0.584. The van der Waals surface area contributed by atoms with E-state index in [9.17, 15) is 8.42 Å². The Bertz CT molecular complexity index is 680. The minimum atomic E-state index is -3.54. The third kappa shape index (κ3) is 1.86. The van der Waals surface area contributed by atoms with E-state index in [2.05, 4.69) is 5.10 Å². The van der Waals surface area contributed by atoms with E-state index in [1.165, 1.54) is 10.2 Å². The molecule has 0 saturated heterocycles. The highest BCUT2D eigenvalue weighted by atomic mass is 32.2. The summed E-state index contributed by atoms with van der Waals surface area (Å²) in [6.45, 7) is 8.02. The molecule has 2 heterocycles. The molecule has 2 aromatic rings. The summed E-state index contributed by atoms with van der Waals surface area (Å²) in [4.78, 5) is 0.267. The molecule has 0 fully saturated rings. The molecule has 18 heavy (non-hydrogen) atoms. The number of aromatic nitrogens is 3. The monoisotopic (exact) mass is 267 g/mol. The van der Waals surface area contributed by atoms with E-state index >= 15 is 0 Å². The zero-order valence-electron chi connectivity index (χ0n) is 11.0. The molecule has 5 nitrogen and oxygen atoms in total. The number of hydrogen-bond donors (Lipinski definition) is 0. The second-order valence-electron chi connectivity index (χ2n) is 4.37. The fourth-order valence-corrected chi connectivity index (χ4v) is 3.69. The molecule has 0 unspecified atom stereocenters. The zero-order valence-corrected chi connectivity index (χ0v) is 11.8. The standard InChI is InChI=1S/C12H17N3O2S/c1-5-14-11(4)12(7-13-14)18(16,17)15-8-9(2)6-10(15)3/h6-8H,5H2,1-4H3. The Kier molecular flexibility index (Phi) is 3.06. The van der Waals surface area contributed by atoms with Crippen molar-refractivity contribution in [3.05, 3.63) is 35.4 Å². The molecule has 0 aliphatic carbocycles. The normalized spacial score (nSPS) is 12.0. The van der Waals surface area contributed by atoms with Crippen molar-refractivity contribution in [2.45, 2.75) is 39.1 Å². The van der Waals surface area contributed by atoms with Gasteiger partial charge in [0.05, 0.1) is 11.9 Å². The van der Waals surface area contributed by atoms with E-state index in [0.29, 0.717) is 17.9 Å². The Morgan fingerprint density at radius 3 is 2.39 bits per heavy atom. The molecule has 0 amide bonds. The molecule has 6 heteroatoms. The van der Waals surface area contributed by atoms with Crippen molar-refractivity contribution in [2.75, 3.05) is 0 Å². The van der Waals surface area contributed by atoms with Crippen LogP contribution in [0.2, 0.25) is 0 Å². The third-order valence-electron chi connectivity index (χ3n) is 3.00. The predicted octanol–water partition coefficient (Wildman–Crippen LogP) is 1.87. The molecule has 0 bridgehead atoms. The second kappa shape index (κ2) is 4.28. The van der Waals surface area contributed by atoms with Crippen LogP contribution in [-0.2, 0) is 16.6 Å². The number of rotatable bonds is 3. The van der Waals surface area contributed by atoms with Crippen molar-refractivity contribution >= 4 is 10.0 Å². The maximum absolute atomic E-state index is 12.5. The van der Waals surface area contributed by atoms with Crippen LogP contribution in [0, 0.1) is 20.8 Å². The van der Waals surface area contributed by atoms with Crippen molar-refractivity contribution in [2.24, 2.45) is 0 Å². The van der Waals surface area contributed by atoms with Crippen LogP contribution in [0.15, 0.2) is 23.4 Å². The quantitative estimate of drug-likeness (QED) is 0.853. The topological polar surface area (TPSA) is 56.9 Å². The third-order valence-corrected chi connectivity index (χ3v) is 4.87. The van der Waals surface area contributed by atoms with Crippen LogP contribution < -0.4 is 0 Å². The molecular formula is C12H17N3O2S. The smallest absolute Gasteiger partial charge is 0.269 e. The second-order valence-corrected chi connectivity index (χ2v) is 6.15. The lowest BCUT2D eigenvalue weighted by Gasteiger charge is -2.07. The zero-order chi connectivity index (χ0) is 13.5. The van der Waals surface area contributed by atoms with E-state index in [1.807, 2.05) is 19.9 Å². The Morgan fingerprint density at radius 1 is 1.28 bits per heavy atom. The number of aryl methyl sites for hydroxylation is 3. The molecule has 98 valence electrons. The van der Waals surface area contributed by atoms with Gasteiger partial charge in [-0.3, -0.25) is 4.68 Å². The highest BCUT2D eigenvalue weighted by Gasteiger charge is 2.23. The Hall–Kier alpha value is -1.56. The lowest BCUT2D eigenvalue weighted by Crippen LogP contribution is -2.14. The van der Waals surface area contributed by atoms with Gasteiger partial charge in [0.2, 0.25) is 0 Å². The summed E-state index contributed by atoms with van der Waals surface area (Å²) in [5.74, 6) is 0. The average molecular weight is 267 g/mol. The molecular weight excluding hydrogens is 250 g/mol. The fraction of sp³-hybridized carbons (Fsp3) is 0.417. The molecule has 0 aliphatic heterocycles. The fourth-order valence-electron chi connectivity index (χ4n) is 2.08. The van der Waals surface area contributed by atoms with Crippen molar-refractivity contribution in [1.82, 2.24) is 13.8 Å². The summed E-state index contributed by atoms with van der Waals surface area (Å²) in [6.07, 6.45) is 3.05. The molecule has 0 N–H and O–H groups in total. The van der Waals surface area contributed by atoms with Crippen LogP contribution >= 0.6 is 0 Å². The van der Waals surface area contributed by atoms with E-state index in [4.69, 9.17) is 0 Å². The summed E-state index contributed by atoms with van der Waals surface area (Å²) in [7, 11) is -3.54. The minimum Gasteiger partial charge on any atom is -0.269 e. The van der Waals surface area contributed by atoms with Crippen molar-refractivity contribution < 1.29 is 8.42 Å². The molecule has 2 rings (SSSR count). The van der Waals surface area contributed by atoms with Crippen LogP contribution in [0.1, 0.15) is 23.9 Å². The van der Waals surface area contributed by atoms with Crippen molar-refractivity contribution in [3.63, 3.8) is 0 Å². The Morgan fingerprint density at radius 2 is 1.94 bits per heavy atom. The summed E-state index contributed by atoms with van der Waals surface area (Å²) in [5.41, 5.74) is 2.30. The molecule has 2 aromatic heterocycles. The predicted molar refractivity (Wildman–Crippen MR) is 69.1 cm³/mol. The first-order chi connectivity index (χ1) is 8.37. The van der Waals surface area contributed by atoms with Crippen molar-refractivity contribution in [1.29, 1.82) is 0 Å². The highest BCUT2D eigenvalue weighted by Crippen LogP contribution is 2.20.